The smallest absolute Gasteiger partial charge is 0.262 e. The maximum atomic E-state index is 12.3. The first kappa shape index (κ1) is 19.1. The van der Waals surface area contributed by atoms with Crippen molar-refractivity contribution in [3.63, 3.8) is 0 Å². The number of aromatic nitrogens is 3. The van der Waals surface area contributed by atoms with Crippen molar-refractivity contribution in [1.29, 1.82) is 5.26 Å². The summed E-state index contributed by atoms with van der Waals surface area (Å²) in [5, 5.41) is 16.9. The first-order valence-electron chi connectivity index (χ1n) is 9.01. The number of amides is 1. The summed E-state index contributed by atoms with van der Waals surface area (Å²) in [6.07, 6.45) is 6.83. The van der Waals surface area contributed by atoms with E-state index in [2.05, 4.69) is 15.4 Å². The zero-order valence-electron chi connectivity index (χ0n) is 15.8. The van der Waals surface area contributed by atoms with Gasteiger partial charge in [0.25, 0.3) is 5.91 Å². The van der Waals surface area contributed by atoms with E-state index in [-0.39, 0.29) is 11.6 Å². The number of benzene rings is 1. The van der Waals surface area contributed by atoms with Crippen molar-refractivity contribution in [3.05, 3.63) is 77.8 Å². The second-order valence-corrected chi connectivity index (χ2v) is 6.66. The third kappa shape index (κ3) is 4.71. The molecule has 0 aliphatic heterocycles. The SMILES string of the molecule is CC(C)NC(=O)/C(C#N)=C/c1cn(Cc2ccccc2)nc1-c1cccnc1. The number of nitriles is 1. The van der Waals surface area contributed by atoms with E-state index in [1.54, 1.807) is 23.2 Å². The second kappa shape index (κ2) is 8.78. The van der Waals surface area contributed by atoms with Crippen LogP contribution < -0.4 is 5.32 Å². The highest BCUT2D eigenvalue weighted by Gasteiger charge is 2.15. The van der Waals surface area contributed by atoms with Gasteiger partial charge in [-0.2, -0.15) is 10.4 Å². The third-order valence-corrected chi connectivity index (χ3v) is 4.00. The lowest BCUT2D eigenvalue weighted by Gasteiger charge is -2.06. The Labute approximate surface area is 164 Å². The quantitative estimate of drug-likeness (QED) is 0.531. The van der Waals surface area contributed by atoms with E-state index in [1.165, 1.54) is 0 Å². The minimum absolute atomic E-state index is 0.0399. The molecule has 1 aromatic carbocycles. The molecule has 28 heavy (non-hydrogen) atoms. The van der Waals surface area contributed by atoms with Gasteiger partial charge >= 0.3 is 0 Å². The molecule has 0 fully saturated rings. The molecular weight excluding hydrogens is 350 g/mol. The molecule has 2 aromatic heterocycles. The van der Waals surface area contributed by atoms with Gasteiger partial charge in [0.15, 0.2) is 0 Å². The first-order chi connectivity index (χ1) is 13.6. The number of hydrogen-bond donors (Lipinski definition) is 1. The summed E-state index contributed by atoms with van der Waals surface area (Å²) >= 11 is 0. The van der Waals surface area contributed by atoms with Crippen molar-refractivity contribution in [2.75, 3.05) is 0 Å². The van der Waals surface area contributed by atoms with Gasteiger partial charge in [-0.15, -0.1) is 0 Å². The van der Waals surface area contributed by atoms with Gasteiger partial charge in [-0.1, -0.05) is 30.3 Å². The monoisotopic (exact) mass is 371 g/mol. The minimum Gasteiger partial charge on any atom is -0.349 e. The van der Waals surface area contributed by atoms with E-state index in [0.29, 0.717) is 17.8 Å². The van der Waals surface area contributed by atoms with Gasteiger partial charge in [-0.05, 0) is 37.6 Å². The Morgan fingerprint density at radius 1 is 1.25 bits per heavy atom. The van der Waals surface area contributed by atoms with Crippen LogP contribution in [0.5, 0.6) is 0 Å². The molecule has 140 valence electrons. The largest absolute Gasteiger partial charge is 0.349 e. The molecule has 0 bridgehead atoms. The van der Waals surface area contributed by atoms with Gasteiger partial charge < -0.3 is 5.32 Å². The molecule has 2 heterocycles. The molecule has 0 atom stereocenters. The van der Waals surface area contributed by atoms with Crippen LogP contribution in [0.25, 0.3) is 17.3 Å². The van der Waals surface area contributed by atoms with E-state index in [1.807, 2.05) is 68.6 Å². The van der Waals surface area contributed by atoms with Crippen LogP contribution in [-0.4, -0.2) is 26.7 Å². The van der Waals surface area contributed by atoms with Crippen LogP contribution in [-0.2, 0) is 11.3 Å². The van der Waals surface area contributed by atoms with Crippen molar-refractivity contribution < 1.29 is 4.79 Å². The predicted molar refractivity (Wildman–Crippen MR) is 108 cm³/mol. The van der Waals surface area contributed by atoms with Gasteiger partial charge in [0.1, 0.15) is 17.3 Å². The van der Waals surface area contributed by atoms with Crippen LogP contribution >= 0.6 is 0 Å². The third-order valence-electron chi connectivity index (χ3n) is 4.00. The molecule has 6 heteroatoms. The number of nitrogens with zero attached hydrogens (tertiary/aromatic N) is 4. The Balaban J connectivity index is 2.02. The fourth-order valence-corrected chi connectivity index (χ4v) is 2.77. The summed E-state index contributed by atoms with van der Waals surface area (Å²) in [6, 6.07) is 15.6. The molecule has 1 N–H and O–H groups in total. The van der Waals surface area contributed by atoms with Crippen LogP contribution in [0.3, 0.4) is 0 Å². The molecule has 0 aliphatic rings. The van der Waals surface area contributed by atoms with Gasteiger partial charge in [-0.3, -0.25) is 14.5 Å². The van der Waals surface area contributed by atoms with E-state index in [4.69, 9.17) is 0 Å². The van der Waals surface area contributed by atoms with Crippen molar-refractivity contribution in [2.45, 2.75) is 26.4 Å². The topological polar surface area (TPSA) is 83.6 Å². The van der Waals surface area contributed by atoms with Crippen LogP contribution in [0.2, 0.25) is 0 Å². The number of carbonyl (C=O) groups excluding carboxylic acids is 1. The van der Waals surface area contributed by atoms with Crippen LogP contribution in [0.1, 0.15) is 25.0 Å². The Hall–Kier alpha value is -3.72. The zero-order chi connectivity index (χ0) is 19.9. The Bertz CT molecular complexity index is 1010. The van der Waals surface area contributed by atoms with Crippen molar-refractivity contribution >= 4 is 12.0 Å². The minimum atomic E-state index is -0.398. The summed E-state index contributed by atoms with van der Waals surface area (Å²) in [6.45, 7) is 4.29. The van der Waals surface area contributed by atoms with E-state index >= 15 is 0 Å². The van der Waals surface area contributed by atoms with Gasteiger partial charge in [-0.25, -0.2) is 0 Å². The lowest BCUT2D eigenvalue weighted by molar-refractivity contribution is -0.117. The average Bonchev–Trinajstić information content (AvgIpc) is 3.09. The summed E-state index contributed by atoms with van der Waals surface area (Å²) in [4.78, 5) is 16.4. The highest BCUT2D eigenvalue weighted by Crippen LogP contribution is 2.24. The second-order valence-electron chi connectivity index (χ2n) is 6.66. The lowest BCUT2D eigenvalue weighted by atomic mass is 10.1. The molecule has 1 amide bonds. The van der Waals surface area contributed by atoms with E-state index < -0.39 is 5.91 Å². The molecule has 0 saturated heterocycles. The fourth-order valence-electron chi connectivity index (χ4n) is 2.77. The number of pyridine rings is 1. The standard InChI is InChI=1S/C22H21N5O/c1-16(2)25-22(28)19(12-23)11-20-15-27(14-17-7-4-3-5-8-17)26-21(20)18-9-6-10-24-13-18/h3-11,13,15-16H,14H2,1-2H3,(H,25,28)/b19-11+. The van der Waals surface area contributed by atoms with Crippen molar-refractivity contribution in [1.82, 2.24) is 20.1 Å². The molecule has 0 aliphatic carbocycles. The van der Waals surface area contributed by atoms with E-state index in [0.717, 1.165) is 11.1 Å². The number of nitrogens with one attached hydrogen (secondary N) is 1. The van der Waals surface area contributed by atoms with Crippen LogP contribution in [0.4, 0.5) is 0 Å². The molecule has 0 radical (unpaired) electrons. The average molecular weight is 371 g/mol. The summed E-state index contributed by atoms with van der Waals surface area (Å²) in [7, 11) is 0. The Morgan fingerprint density at radius 3 is 2.68 bits per heavy atom. The molecule has 0 saturated carbocycles. The molecular formula is C22H21N5O. The van der Waals surface area contributed by atoms with Gasteiger partial charge in [0, 0.05) is 35.8 Å². The Morgan fingerprint density at radius 2 is 2.04 bits per heavy atom. The molecule has 0 unspecified atom stereocenters. The maximum Gasteiger partial charge on any atom is 0.262 e. The Kier molecular flexibility index (Phi) is 5.97. The summed E-state index contributed by atoms with van der Waals surface area (Å²) in [5.74, 6) is -0.398. The van der Waals surface area contributed by atoms with E-state index in [9.17, 15) is 10.1 Å². The van der Waals surface area contributed by atoms with Crippen molar-refractivity contribution in [2.24, 2.45) is 0 Å². The molecule has 0 spiro atoms. The lowest BCUT2D eigenvalue weighted by Crippen LogP contribution is -2.30. The first-order valence-corrected chi connectivity index (χ1v) is 9.01. The highest BCUT2D eigenvalue weighted by atomic mass is 16.1. The van der Waals surface area contributed by atoms with Gasteiger partial charge in [0.2, 0.25) is 0 Å². The molecule has 3 aromatic rings. The maximum absolute atomic E-state index is 12.3. The fraction of sp³-hybridized carbons (Fsp3) is 0.182. The summed E-state index contributed by atoms with van der Waals surface area (Å²) in [5.41, 5.74) is 3.34. The number of carbonyl (C=O) groups is 1. The van der Waals surface area contributed by atoms with Crippen LogP contribution in [0, 0.1) is 11.3 Å². The number of hydrogen-bond acceptors (Lipinski definition) is 4. The van der Waals surface area contributed by atoms with Gasteiger partial charge in [0.05, 0.1) is 6.54 Å². The number of rotatable bonds is 6. The molecule has 3 rings (SSSR count). The zero-order valence-corrected chi connectivity index (χ0v) is 15.8. The van der Waals surface area contributed by atoms with Crippen LogP contribution in [0.15, 0.2) is 66.6 Å². The predicted octanol–water partition coefficient (Wildman–Crippen LogP) is 3.42. The normalized spacial score (nSPS) is 11.3. The van der Waals surface area contributed by atoms with Crippen molar-refractivity contribution in [3.8, 4) is 17.3 Å². The highest BCUT2D eigenvalue weighted by molar-refractivity contribution is 6.02. The summed E-state index contributed by atoms with van der Waals surface area (Å²) < 4.78 is 1.80. The molecule has 6 nitrogen and oxygen atoms in total.